The summed E-state index contributed by atoms with van der Waals surface area (Å²) >= 11 is 0. The molecule has 1 unspecified atom stereocenters. The van der Waals surface area contributed by atoms with Crippen molar-refractivity contribution in [3.05, 3.63) is 0 Å². The van der Waals surface area contributed by atoms with Crippen molar-refractivity contribution >= 4 is 0 Å². The third-order valence-electron chi connectivity index (χ3n) is 2.00. The number of rotatable bonds is 2. The molecule has 0 saturated carbocycles. The van der Waals surface area contributed by atoms with Gasteiger partial charge in [-0.2, -0.15) is 0 Å². The maximum atomic E-state index is 9.30. The van der Waals surface area contributed by atoms with E-state index in [1.165, 1.54) is 0 Å². The summed E-state index contributed by atoms with van der Waals surface area (Å²) in [5.74, 6) is 4.76. The van der Waals surface area contributed by atoms with Gasteiger partial charge in [-0.1, -0.05) is 0 Å². The lowest BCUT2D eigenvalue weighted by Gasteiger charge is -2.38. The van der Waals surface area contributed by atoms with Gasteiger partial charge in [0, 0.05) is 0 Å². The van der Waals surface area contributed by atoms with Crippen molar-refractivity contribution in [1.29, 1.82) is 0 Å². The average molecular weight is 195 g/mol. The van der Waals surface area contributed by atoms with E-state index in [9.17, 15) is 10.2 Å². The predicted octanol–water partition coefficient (Wildman–Crippen LogP) is -3.32. The van der Waals surface area contributed by atoms with E-state index in [1.54, 1.807) is 0 Å². The zero-order valence-corrected chi connectivity index (χ0v) is 6.78. The number of aliphatic hydroxyl groups is 4. The molecule has 1 heterocycles. The lowest BCUT2D eigenvalue weighted by atomic mass is 9.99. The minimum absolute atomic E-state index is 0.507. The first-order chi connectivity index (χ1) is 6.11. The summed E-state index contributed by atoms with van der Waals surface area (Å²) in [7, 11) is 0. The third-order valence-corrected chi connectivity index (χ3v) is 2.00. The molecule has 0 spiro atoms. The normalized spacial score (nSPS) is 46.4. The number of aliphatic hydroxyl groups excluding tert-OH is 4. The molecule has 1 saturated heterocycles. The summed E-state index contributed by atoms with van der Waals surface area (Å²) in [6.07, 6.45) is -6.41. The van der Waals surface area contributed by atoms with E-state index in [0.29, 0.717) is 0 Å². The highest BCUT2D eigenvalue weighted by Gasteiger charge is 2.44. The topological polar surface area (TPSA) is 125 Å². The van der Waals surface area contributed by atoms with Crippen molar-refractivity contribution in [2.24, 2.45) is 5.90 Å². The SMILES string of the molecule is NO[C@@H]1C(O)O[C@H](CO)[C@H](O)[C@H]1O. The summed E-state index contributed by atoms with van der Waals surface area (Å²) in [6, 6.07) is 0. The molecule has 1 rings (SSSR count). The van der Waals surface area contributed by atoms with E-state index < -0.39 is 37.3 Å². The molecule has 1 aliphatic rings. The van der Waals surface area contributed by atoms with Gasteiger partial charge < -0.3 is 25.2 Å². The lowest BCUT2D eigenvalue weighted by molar-refractivity contribution is -0.297. The van der Waals surface area contributed by atoms with Crippen LogP contribution in [0.5, 0.6) is 0 Å². The highest BCUT2D eigenvalue weighted by Crippen LogP contribution is 2.20. The summed E-state index contributed by atoms with van der Waals surface area (Å²) in [5.41, 5.74) is 0. The Morgan fingerprint density at radius 2 is 1.85 bits per heavy atom. The van der Waals surface area contributed by atoms with Crippen LogP contribution in [0.15, 0.2) is 0 Å². The number of ether oxygens (including phenoxy) is 1. The molecule has 6 N–H and O–H groups in total. The Balaban J connectivity index is 2.66. The summed E-state index contributed by atoms with van der Waals surface area (Å²) in [6.45, 7) is -0.507. The van der Waals surface area contributed by atoms with Crippen molar-refractivity contribution in [3.8, 4) is 0 Å². The Morgan fingerprint density at radius 3 is 2.31 bits per heavy atom. The zero-order valence-electron chi connectivity index (χ0n) is 6.78. The second kappa shape index (κ2) is 4.29. The fraction of sp³-hybridized carbons (Fsp3) is 1.00. The van der Waals surface area contributed by atoms with Crippen molar-refractivity contribution in [1.82, 2.24) is 0 Å². The van der Waals surface area contributed by atoms with E-state index in [4.69, 9.17) is 20.8 Å². The van der Waals surface area contributed by atoms with Crippen LogP contribution in [0.2, 0.25) is 0 Å². The van der Waals surface area contributed by atoms with E-state index in [-0.39, 0.29) is 0 Å². The highest BCUT2D eigenvalue weighted by atomic mass is 16.7. The van der Waals surface area contributed by atoms with Gasteiger partial charge in [-0.05, 0) is 0 Å². The zero-order chi connectivity index (χ0) is 10.0. The van der Waals surface area contributed by atoms with Gasteiger partial charge in [0.25, 0.3) is 0 Å². The molecule has 0 amide bonds. The molecule has 5 atom stereocenters. The standard InChI is InChI=1S/C6H13NO6/c7-13-5-4(10)3(9)2(1-8)12-6(5)11/h2-6,8-11H,1,7H2/t2-,3+,4-,5+,6?/m1/s1. The molecule has 0 aliphatic carbocycles. The van der Waals surface area contributed by atoms with Crippen LogP contribution >= 0.6 is 0 Å². The van der Waals surface area contributed by atoms with E-state index in [1.807, 2.05) is 0 Å². The molecule has 7 nitrogen and oxygen atoms in total. The smallest absolute Gasteiger partial charge is 0.186 e. The Hall–Kier alpha value is -0.280. The maximum absolute atomic E-state index is 9.30. The first kappa shape index (κ1) is 10.8. The molecule has 0 aromatic heterocycles. The Morgan fingerprint density at radius 1 is 1.23 bits per heavy atom. The van der Waals surface area contributed by atoms with Gasteiger partial charge in [-0.25, -0.2) is 5.90 Å². The fourth-order valence-corrected chi connectivity index (χ4v) is 1.22. The van der Waals surface area contributed by atoms with Crippen LogP contribution in [-0.4, -0.2) is 57.7 Å². The quantitative estimate of drug-likeness (QED) is 0.292. The molecular formula is C6H13NO6. The molecular weight excluding hydrogens is 182 g/mol. The second-order valence-corrected chi connectivity index (χ2v) is 2.83. The van der Waals surface area contributed by atoms with E-state index in [2.05, 4.69) is 4.84 Å². The van der Waals surface area contributed by atoms with Crippen LogP contribution in [0.25, 0.3) is 0 Å². The van der Waals surface area contributed by atoms with Crippen LogP contribution < -0.4 is 5.90 Å². The van der Waals surface area contributed by atoms with Gasteiger partial charge in [0.1, 0.15) is 18.3 Å². The summed E-state index contributed by atoms with van der Waals surface area (Å²) in [4.78, 5) is 4.21. The molecule has 0 aromatic carbocycles. The Kier molecular flexibility index (Phi) is 3.56. The van der Waals surface area contributed by atoms with Gasteiger partial charge in [-0.3, -0.25) is 4.84 Å². The molecule has 1 aliphatic heterocycles. The van der Waals surface area contributed by atoms with E-state index in [0.717, 1.165) is 0 Å². The van der Waals surface area contributed by atoms with Crippen LogP contribution in [-0.2, 0) is 9.57 Å². The molecule has 0 aromatic rings. The van der Waals surface area contributed by atoms with Crippen molar-refractivity contribution < 1.29 is 30.0 Å². The number of hydrogen-bond donors (Lipinski definition) is 5. The highest BCUT2D eigenvalue weighted by molar-refractivity contribution is 4.88. The monoisotopic (exact) mass is 195 g/mol. The third kappa shape index (κ3) is 1.97. The Labute approximate surface area is 74.3 Å². The molecule has 0 bridgehead atoms. The van der Waals surface area contributed by atoms with E-state index >= 15 is 0 Å². The molecule has 78 valence electrons. The molecule has 1 fully saturated rings. The molecule has 13 heavy (non-hydrogen) atoms. The predicted molar refractivity (Wildman–Crippen MR) is 39.0 cm³/mol. The van der Waals surface area contributed by atoms with Crippen molar-refractivity contribution in [2.45, 2.75) is 30.7 Å². The summed E-state index contributed by atoms with van der Waals surface area (Å²) in [5, 5.41) is 36.4. The minimum atomic E-state index is -1.46. The van der Waals surface area contributed by atoms with Crippen molar-refractivity contribution in [3.63, 3.8) is 0 Å². The minimum Gasteiger partial charge on any atom is -0.394 e. The van der Waals surface area contributed by atoms with Gasteiger partial charge in [0.15, 0.2) is 12.4 Å². The van der Waals surface area contributed by atoms with Crippen LogP contribution in [0.3, 0.4) is 0 Å². The van der Waals surface area contributed by atoms with Crippen LogP contribution in [0, 0.1) is 0 Å². The average Bonchev–Trinajstić information content (AvgIpc) is 2.12. The largest absolute Gasteiger partial charge is 0.394 e. The van der Waals surface area contributed by atoms with Crippen LogP contribution in [0.4, 0.5) is 0 Å². The first-order valence-corrected chi connectivity index (χ1v) is 3.78. The van der Waals surface area contributed by atoms with Gasteiger partial charge >= 0.3 is 0 Å². The second-order valence-electron chi connectivity index (χ2n) is 2.83. The molecule has 0 radical (unpaired) electrons. The number of nitrogens with two attached hydrogens (primary N) is 1. The van der Waals surface area contributed by atoms with Gasteiger partial charge in [-0.15, -0.1) is 0 Å². The van der Waals surface area contributed by atoms with Crippen molar-refractivity contribution in [2.75, 3.05) is 6.61 Å². The summed E-state index contributed by atoms with van der Waals surface area (Å²) < 4.78 is 4.71. The lowest BCUT2D eigenvalue weighted by Crippen LogP contribution is -2.59. The Bertz CT molecular complexity index is 167. The van der Waals surface area contributed by atoms with Crippen LogP contribution in [0.1, 0.15) is 0 Å². The van der Waals surface area contributed by atoms with Gasteiger partial charge in [0.05, 0.1) is 6.61 Å². The first-order valence-electron chi connectivity index (χ1n) is 3.78. The number of hydrogen-bond acceptors (Lipinski definition) is 7. The fourth-order valence-electron chi connectivity index (χ4n) is 1.22. The molecule has 7 heteroatoms. The maximum Gasteiger partial charge on any atom is 0.186 e. The van der Waals surface area contributed by atoms with Gasteiger partial charge in [0.2, 0.25) is 0 Å².